The first-order valence-electron chi connectivity index (χ1n) is 14.4. The molecule has 2 aliphatic rings. The van der Waals surface area contributed by atoms with Crippen molar-refractivity contribution in [3.05, 3.63) is 88.2 Å². The maximum absolute atomic E-state index is 11.1. The van der Waals surface area contributed by atoms with Crippen molar-refractivity contribution < 1.29 is 19.4 Å². The zero-order valence-corrected chi connectivity index (χ0v) is 26.0. The number of anilines is 2. The number of benzene rings is 3. The normalized spacial score (nSPS) is 15.0. The molecular weight excluding hydrogens is 566 g/mol. The molecule has 4 aromatic rings. The molecule has 2 aliphatic heterocycles. The predicted octanol–water partition coefficient (Wildman–Crippen LogP) is 5.65. The molecule has 1 N–H and O–H groups in total. The molecule has 2 saturated heterocycles. The third-order valence-corrected chi connectivity index (χ3v) is 7.92. The third-order valence-electron chi connectivity index (χ3n) is 7.62. The number of ether oxygens (including phenoxy) is 1. The van der Waals surface area contributed by atoms with Gasteiger partial charge in [-0.2, -0.15) is 0 Å². The quantitative estimate of drug-likeness (QED) is 0.282. The van der Waals surface area contributed by atoms with Crippen molar-refractivity contribution in [2.45, 2.75) is 19.9 Å². The second-order valence-electron chi connectivity index (χ2n) is 10.9. The first-order valence-corrected chi connectivity index (χ1v) is 14.8. The van der Waals surface area contributed by atoms with Crippen LogP contribution in [0.5, 0.6) is 0 Å². The number of piperazine rings is 1. The van der Waals surface area contributed by atoms with E-state index in [-0.39, 0.29) is 0 Å². The van der Waals surface area contributed by atoms with E-state index >= 15 is 0 Å². The Morgan fingerprint density at radius 1 is 1.05 bits per heavy atom. The molecule has 3 heterocycles. The number of rotatable bonds is 6. The van der Waals surface area contributed by atoms with Crippen molar-refractivity contribution in [1.82, 2.24) is 19.4 Å². The summed E-state index contributed by atoms with van der Waals surface area (Å²) in [6.45, 7) is 9.05. The lowest BCUT2D eigenvalue weighted by molar-refractivity contribution is 0.0367. The van der Waals surface area contributed by atoms with Crippen molar-refractivity contribution in [3.63, 3.8) is 0 Å². The van der Waals surface area contributed by atoms with E-state index in [1.807, 2.05) is 66.9 Å². The number of carbonyl (C=O) groups excluding carboxylic acids is 1. The lowest BCUT2D eigenvalue weighted by Crippen LogP contribution is -2.44. The molecule has 228 valence electrons. The Kier molecular flexibility index (Phi) is 11.3. The molecule has 0 bridgehead atoms. The maximum atomic E-state index is 11.1. The first kappa shape index (κ1) is 32.2. The number of carboxylic acids is 1. The van der Waals surface area contributed by atoms with Gasteiger partial charge in [-0.1, -0.05) is 29.8 Å². The number of likely N-dealkylation sites (N-methyl/N-ethyl adjacent to an activating group) is 1. The van der Waals surface area contributed by atoms with E-state index in [0.717, 1.165) is 86.0 Å². The monoisotopic (exact) mass is 605 g/mol. The van der Waals surface area contributed by atoms with Gasteiger partial charge in [-0.3, -0.25) is 9.69 Å². The van der Waals surface area contributed by atoms with Gasteiger partial charge >= 0.3 is 5.97 Å². The lowest BCUT2D eigenvalue weighted by atomic mass is 10.1. The number of fused-ring (bicyclic) bond motifs is 1. The van der Waals surface area contributed by atoms with Crippen LogP contribution in [0.3, 0.4) is 0 Å². The van der Waals surface area contributed by atoms with E-state index in [2.05, 4.69) is 21.8 Å². The molecule has 1 aromatic heterocycles. The highest BCUT2D eigenvalue weighted by atomic mass is 35.5. The van der Waals surface area contributed by atoms with E-state index in [9.17, 15) is 9.59 Å². The summed E-state index contributed by atoms with van der Waals surface area (Å²) in [5.41, 5.74) is 5.67. The van der Waals surface area contributed by atoms with Crippen LogP contribution in [0.25, 0.3) is 11.0 Å². The van der Waals surface area contributed by atoms with Crippen LogP contribution in [0.15, 0.2) is 60.7 Å². The first-order chi connectivity index (χ1) is 20.7. The van der Waals surface area contributed by atoms with Crippen LogP contribution in [0.1, 0.15) is 38.5 Å². The number of hydrogen-bond donors (Lipinski definition) is 1. The van der Waals surface area contributed by atoms with Crippen molar-refractivity contribution in [2.75, 3.05) is 58.4 Å². The summed E-state index contributed by atoms with van der Waals surface area (Å²) < 4.78 is 6.72. The van der Waals surface area contributed by atoms with Crippen molar-refractivity contribution >= 4 is 46.3 Å². The predicted molar refractivity (Wildman–Crippen MR) is 172 cm³/mol. The zero-order valence-electron chi connectivity index (χ0n) is 25.3. The molecule has 0 aliphatic carbocycles. The molecule has 9 nitrogen and oxygen atoms in total. The van der Waals surface area contributed by atoms with Crippen LogP contribution in [0.2, 0.25) is 5.02 Å². The van der Waals surface area contributed by atoms with Gasteiger partial charge in [-0.05, 0) is 68.4 Å². The van der Waals surface area contributed by atoms with Crippen LogP contribution < -0.4 is 4.90 Å². The fourth-order valence-electron chi connectivity index (χ4n) is 4.69. The number of aldehydes is 1. The number of imidazole rings is 1. The molecule has 3 aromatic carbocycles. The van der Waals surface area contributed by atoms with Gasteiger partial charge in [0, 0.05) is 64.7 Å². The number of carboxylic acid groups (broad SMARTS) is 1. The summed E-state index contributed by atoms with van der Waals surface area (Å²) in [7, 11) is 6.02. The smallest absolute Gasteiger partial charge is 0.335 e. The molecule has 0 atom stereocenters. The van der Waals surface area contributed by atoms with Gasteiger partial charge in [-0.25, -0.2) is 9.78 Å². The lowest BCUT2D eigenvalue weighted by Gasteiger charge is -2.31. The Morgan fingerprint density at radius 3 is 2.35 bits per heavy atom. The Morgan fingerprint density at radius 2 is 1.74 bits per heavy atom. The number of aromatic carboxylic acids is 1. The minimum atomic E-state index is -0.904. The standard InChI is InChI=1S/C15H14ClNO.C15H20N4O2.C3H6O/c1-11-6-7-15(14(16)8-11)17(2)13-5-3-4-12(9-13)10-18;1-17-5-7-19(8-6-17)10-14-16-12-4-3-11(15(20)21)9-13(12)18(14)2;1-2-4-3-1/h3-10H,1-2H3;3-4,9H,5-8,10H2,1-2H3,(H,20,21);1-3H2. The summed E-state index contributed by atoms with van der Waals surface area (Å²) in [6, 6.07) is 18.4. The minimum Gasteiger partial charge on any atom is -0.478 e. The summed E-state index contributed by atoms with van der Waals surface area (Å²) >= 11 is 6.24. The maximum Gasteiger partial charge on any atom is 0.335 e. The summed E-state index contributed by atoms with van der Waals surface area (Å²) in [5, 5.41) is 9.79. The highest BCUT2D eigenvalue weighted by molar-refractivity contribution is 6.33. The molecular formula is C33H40ClN5O4. The molecule has 0 spiro atoms. The molecule has 0 saturated carbocycles. The highest BCUT2D eigenvalue weighted by Crippen LogP contribution is 2.31. The van der Waals surface area contributed by atoms with Crippen LogP contribution >= 0.6 is 11.6 Å². The van der Waals surface area contributed by atoms with Crippen LogP contribution in [0.4, 0.5) is 11.4 Å². The van der Waals surface area contributed by atoms with Gasteiger partial charge in [0.25, 0.3) is 0 Å². The fourth-order valence-corrected chi connectivity index (χ4v) is 5.06. The van der Waals surface area contributed by atoms with E-state index in [4.69, 9.17) is 21.4 Å². The second-order valence-corrected chi connectivity index (χ2v) is 11.3. The number of hydrogen-bond acceptors (Lipinski definition) is 7. The summed E-state index contributed by atoms with van der Waals surface area (Å²) in [5.74, 6) is 0.0795. The Bertz CT molecular complexity index is 1540. The van der Waals surface area contributed by atoms with Gasteiger partial charge < -0.3 is 24.2 Å². The van der Waals surface area contributed by atoms with Crippen LogP contribution in [0, 0.1) is 6.92 Å². The average molecular weight is 606 g/mol. The number of aromatic nitrogens is 2. The number of halogens is 1. The summed E-state index contributed by atoms with van der Waals surface area (Å²) in [4.78, 5) is 33.2. The number of aryl methyl sites for hydroxylation is 2. The van der Waals surface area contributed by atoms with Gasteiger partial charge in [0.2, 0.25) is 0 Å². The van der Waals surface area contributed by atoms with E-state index in [1.54, 1.807) is 24.3 Å². The van der Waals surface area contributed by atoms with E-state index in [0.29, 0.717) is 16.1 Å². The molecule has 10 heteroatoms. The minimum absolute atomic E-state index is 0.302. The van der Waals surface area contributed by atoms with Crippen LogP contribution in [-0.4, -0.2) is 90.2 Å². The second kappa shape index (κ2) is 15.1. The Hall–Kier alpha value is -3.76. The van der Waals surface area contributed by atoms with Crippen molar-refractivity contribution in [2.24, 2.45) is 7.05 Å². The van der Waals surface area contributed by atoms with E-state index in [1.165, 1.54) is 6.42 Å². The molecule has 0 amide bonds. The summed E-state index contributed by atoms with van der Waals surface area (Å²) in [6.07, 6.45) is 2.12. The van der Waals surface area contributed by atoms with E-state index < -0.39 is 5.97 Å². The Labute approximate surface area is 258 Å². The molecule has 43 heavy (non-hydrogen) atoms. The molecule has 0 unspecified atom stereocenters. The largest absolute Gasteiger partial charge is 0.478 e. The molecule has 6 rings (SSSR count). The number of carbonyl (C=O) groups is 2. The number of nitrogens with zero attached hydrogens (tertiary/aromatic N) is 5. The van der Waals surface area contributed by atoms with Gasteiger partial charge in [0.15, 0.2) is 0 Å². The van der Waals surface area contributed by atoms with Gasteiger partial charge in [0.05, 0.1) is 33.9 Å². The highest BCUT2D eigenvalue weighted by Gasteiger charge is 2.17. The Balaban J connectivity index is 0.000000176. The van der Waals surface area contributed by atoms with Gasteiger partial charge in [-0.15, -0.1) is 0 Å². The SMILES string of the molecule is C1COC1.CN1CCN(Cc2nc3ccc(C(=O)O)cc3n2C)CC1.Cc1ccc(N(C)c2cccc(C=O)c2)c(Cl)c1. The third kappa shape index (κ3) is 8.64. The fraction of sp³-hybridized carbons (Fsp3) is 0.364. The topological polar surface area (TPSA) is 91.1 Å². The zero-order chi connectivity index (χ0) is 30.9. The van der Waals surface area contributed by atoms with Crippen molar-refractivity contribution in [3.8, 4) is 0 Å². The van der Waals surface area contributed by atoms with Crippen LogP contribution in [-0.2, 0) is 18.3 Å². The molecule has 0 radical (unpaired) electrons. The van der Waals surface area contributed by atoms with Crippen molar-refractivity contribution in [1.29, 1.82) is 0 Å². The molecule has 2 fully saturated rings. The van der Waals surface area contributed by atoms with Gasteiger partial charge in [0.1, 0.15) is 12.1 Å². The average Bonchev–Trinajstić information content (AvgIpc) is 3.27.